The highest BCUT2D eigenvalue weighted by Crippen LogP contribution is 2.20. The molecule has 0 bridgehead atoms. The molecule has 8 heteroatoms. The van der Waals surface area contributed by atoms with Crippen LogP contribution in [0.3, 0.4) is 0 Å². The van der Waals surface area contributed by atoms with Crippen LogP contribution in [0.4, 0.5) is 5.82 Å². The molecule has 122 valence electrons. The first-order valence-corrected chi connectivity index (χ1v) is 9.59. The van der Waals surface area contributed by atoms with Crippen molar-refractivity contribution in [1.82, 2.24) is 14.3 Å². The van der Waals surface area contributed by atoms with Gasteiger partial charge in [-0.3, -0.25) is 4.79 Å². The zero-order valence-corrected chi connectivity index (χ0v) is 13.6. The Hall–Kier alpha value is -1.41. The molecule has 3 rings (SSSR count). The lowest BCUT2D eigenvalue weighted by atomic mass is 10.0. The van der Waals surface area contributed by atoms with Crippen LogP contribution in [0.2, 0.25) is 0 Å². The molecule has 0 aromatic carbocycles. The molecular weight excluding hydrogens is 304 g/mol. The monoisotopic (exact) mass is 326 g/mol. The highest BCUT2D eigenvalue weighted by molar-refractivity contribution is 7.88. The average molecular weight is 326 g/mol. The summed E-state index contributed by atoms with van der Waals surface area (Å²) >= 11 is 0. The molecule has 0 spiro atoms. The second-order valence-corrected chi connectivity index (χ2v) is 8.19. The van der Waals surface area contributed by atoms with Crippen molar-refractivity contribution in [1.29, 1.82) is 0 Å². The van der Waals surface area contributed by atoms with E-state index in [0.717, 1.165) is 43.5 Å². The Labute approximate surface area is 130 Å². The Morgan fingerprint density at radius 3 is 2.86 bits per heavy atom. The Morgan fingerprint density at radius 2 is 2.14 bits per heavy atom. The van der Waals surface area contributed by atoms with Gasteiger partial charge < -0.3 is 10.3 Å². The molecule has 2 heterocycles. The second-order valence-electron chi connectivity index (χ2n) is 6.20. The number of hydrogen-bond acceptors (Lipinski definition) is 5. The van der Waals surface area contributed by atoms with Crippen molar-refractivity contribution in [2.24, 2.45) is 5.92 Å². The number of H-pyrrole nitrogens is 1. The van der Waals surface area contributed by atoms with Crippen LogP contribution < -0.4 is 10.9 Å². The predicted octanol–water partition coefficient (Wildman–Crippen LogP) is 0.342. The van der Waals surface area contributed by atoms with E-state index in [0.29, 0.717) is 25.5 Å². The number of fused-ring (bicyclic) bond motifs is 1. The lowest BCUT2D eigenvalue weighted by Crippen LogP contribution is -2.29. The minimum Gasteiger partial charge on any atom is -0.365 e. The van der Waals surface area contributed by atoms with Crippen LogP contribution in [0, 0.1) is 5.92 Å². The summed E-state index contributed by atoms with van der Waals surface area (Å²) in [7, 11) is -3.12. The molecule has 2 aliphatic rings. The van der Waals surface area contributed by atoms with Crippen molar-refractivity contribution in [3.8, 4) is 0 Å². The number of sulfonamides is 1. The number of anilines is 1. The van der Waals surface area contributed by atoms with Gasteiger partial charge in [0, 0.05) is 25.3 Å². The number of aromatic nitrogens is 2. The van der Waals surface area contributed by atoms with Crippen LogP contribution in [0.1, 0.15) is 30.7 Å². The maximum absolute atomic E-state index is 12.0. The van der Waals surface area contributed by atoms with E-state index in [2.05, 4.69) is 15.3 Å². The number of aromatic amines is 1. The van der Waals surface area contributed by atoms with Crippen molar-refractivity contribution in [2.45, 2.75) is 32.1 Å². The zero-order valence-electron chi connectivity index (χ0n) is 12.8. The Morgan fingerprint density at radius 1 is 1.36 bits per heavy atom. The van der Waals surface area contributed by atoms with E-state index >= 15 is 0 Å². The van der Waals surface area contributed by atoms with E-state index in [9.17, 15) is 13.2 Å². The third-order valence-corrected chi connectivity index (χ3v) is 5.71. The number of nitrogens with zero attached hydrogens (tertiary/aromatic N) is 2. The maximum atomic E-state index is 12.0. The highest BCUT2D eigenvalue weighted by atomic mass is 32.2. The molecule has 22 heavy (non-hydrogen) atoms. The third-order valence-electron chi connectivity index (χ3n) is 4.44. The van der Waals surface area contributed by atoms with Gasteiger partial charge in [-0.15, -0.1) is 0 Å². The van der Waals surface area contributed by atoms with Crippen LogP contribution in [0.25, 0.3) is 0 Å². The first-order valence-electron chi connectivity index (χ1n) is 7.74. The summed E-state index contributed by atoms with van der Waals surface area (Å²) in [5.74, 6) is 0.574. The number of nitrogens with one attached hydrogen (secondary N) is 2. The molecule has 1 saturated heterocycles. The zero-order chi connectivity index (χ0) is 15.7. The van der Waals surface area contributed by atoms with E-state index < -0.39 is 10.0 Å². The SMILES string of the molecule is CS(=O)(=O)N1CCC(CNc2nc3c([nH]c2=O)CCCC3)C1. The van der Waals surface area contributed by atoms with Gasteiger partial charge in [0.1, 0.15) is 0 Å². The average Bonchev–Trinajstić information content (AvgIpc) is 2.94. The van der Waals surface area contributed by atoms with Gasteiger partial charge in [0.15, 0.2) is 5.82 Å². The van der Waals surface area contributed by atoms with E-state index in [-0.39, 0.29) is 11.5 Å². The molecule has 1 aliphatic heterocycles. The Bertz CT molecular complexity index is 713. The number of aryl methyl sites for hydroxylation is 2. The molecule has 0 saturated carbocycles. The minimum absolute atomic E-state index is 0.182. The molecule has 2 N–H and O–H groups in total. The van der Waals surface area contributed by atoms with Crippen molar-refractivity contribution >= 4 is 15.8 Å². The fourth-order valence-corrected chi connectivity index (χ4v) is 4.07. The molecular formula is C14H22N4O3S. The smallest absolute Gasteiger partial charge is 0.290 e. The van der Waals surface area contributed by atoms with E-state index in [1.807, 2.05) is 0 Å². The lowest BCUT2D eigenvalue weighted by Gasteiger charge is -2.17. The summed E-state index contributed by atoms with van der Waals surface area (Å²) in [5, 5.41) is 3.10. The molecule has 1 aliphatic carbocycles. The largest absolute Gasteiger partial charge is 0.365 e. The van der Waals surface area contributed by atoms with Crippen molar-refractivity contribution in [3.63, 3.8) is 0 Å². The highest BCUT2D eigenvalue weighted by Gasteiger charge is 2.28. The van der Waals surface area contributed by atoms with Crippen molar-refractivity contribution in [3.05, 3.63) is 21.7 Å². The topological polar surface area (TPSA) is 95.2 Å². The molecule has 0 radical (unpaired) electrons. The maximum Gasteiger partial charge on any atom is 0.290 e. The standard InChI is InChI=1S/C14H22N4O3S/c1-22(20,21)18-7-6-10(9-18)8-15-13-14(19)17-12-5-3-2-4-11(12)16-13/h10H,2-9H2,1H3,(H,15,16)(H,17,19). The lowest BCUT2D eigenvalue weighted by molar-refractivity contribution is 0.466. The van der Waals surface area contributed by atoms with Crippen LogP contribution in [-0.4, -0.2) is 48.6 Å². The van der Waals surface area contributed by atoms with Gasteiger partial charge in [-0.25, -0.2) is 17.7 Å². The predicted molar refractivity (Wildman–Crippen MR) is 84.5 cm³/mol. The molecule has 0 amide bonds. The van der Waals surface area contributed by atoms with Crippen molar-refractivity contribution in [2.75, 3.05) is 31.2 Å². The molecule has 1 fully saturated rings. The fraction of sp³-hybridized carbons (Fsp3) is 0.714. The fourth-order valence-electron chi connectivity index (χ4n) is 3.16. The third kappa shape index (κ3) is 3.33. The van der Waals surface area contributed by atoms with E-state index in [4.69, 9.17) is 0 Å². The van der Waals surface area contributed by atoms with Crippen LogP contribution >= 0.6 is 0 Å². The first-order chi connectivity index (χ1) is 10.4. The van der Waals surface area contributed by atoms with Gasteiger partial charge in [-0.2, -0.15) is 0 Å². The quantitative estimate of drug-likeness (QED) is 0.832. The number of rotatable bonds is 4. The van der Waals surface area contributed by atoms with E-state index in [1.54, 1.807) is 0 Å². The van der Waals surface area contributed by atoms with Gasteiger partial charge in [0.25, 0.3) is 5.56 Å². The van der Waals surface area contributed by atoms with Gasteiger partial charge in [0.2, 0.25) is 10.0 Å². The van der Waals surface area contributed by atoms with Crippen LogP contribution in [0.15, 0.2) is 4.79 Å². The Kier molecular flexibility index (Phi) is 4.22. The summed E-state index contributed by atoms with van der Waals surface area (Å²) in [4.78, 5) is 19.4. The molecule has 1 aromatic rings. The Balaban J connectivity index is 1.64. The summed E-state index contributed by atoms with van der Waals surface area (Å²) < 4.78 is 24.5. The van der Waals surface area contributed by atoms with Crippen LogP contribution in [-0.2, 0) is 22.9 Å². The second kappa shape index (κ2) is 6.00. The first kappa shape index (κ1) is 15.5. The molecule has 7 nitrogen and oxygen atoms in total. The molecule has 1 atom stereocenters. The minimum atomic E-state index is -3.12. The normalized spacial score (nSPS) is 22.5. The molecule has 1 aromatic heterocycles. The summed E-state index contributed by atoms with van der Waals surface area (Å²) in [6, 6.07) is 0. The van der Waals surface area contributed by atoms with Crippen molar-refractivity contribution < 1.29 is 8.42 Å². The van der Waals surface area contributed by atoms with Gasteiger partial charge in [-0.1, -0.05) is 0 Å². The number of hydrogen-bond donors (Lipinski definition) is 2. The van der Waals surface area contributed by atoms with Gasteiger partial charge >= 0.3 is 0 Å². The summed E-state index contributed by atoms with van der Waals surface area (Å²) in [6.45, 7) is 1.63. The van der Waals surface area contributed by atoms with Gasteiger partial charge in [0.05, 0.1) is 11.9 Å². The molecule has 1 unspecified atom stereocenters. The van der Waals surface area contributed by atoms with Gasteiger partial charge in [-0.05, 0) is 38.0 Å². The van der Waals surface area contributed by atoms with Crippen LogP contribution in [0.5, 0.6) is 0 Å². The summed E-state index contributed by atoms with van der Waals surface area (Å²) in [5.41, 5.74) is 1.77. The van der Waals surface area contributed by atoms with E-state index in [1.165, 1.54) is 10.6 Å². The summed E-state index contributed by atoms with van der Waals surface area (Å²) in [6.07, 6.45) is 6.05.